The van der Waals surface area contributed by atoms with Gasteiger partial charge in [-0.05, 0) is 134 Å². The first-order chi connectivity index (χ1) is 38.0. The quantitative estimate of drug-likeness (QED) is 0.0338. The SMILES string of the molecule is Cc1cc2c(=O)n(-c3ccc(CC(=O)Oc4cc(-c5ccc(-c6ccccc6)cc5)c(C=O)c(-c5ccc(-c6ccccc6)cc5)c4)cc3)c(=O)c3cc(-c4cc(C(F)(F)F)cc(C(F)(F)F)c4)c4c5ccccc5oc1c4c23. The number of aromatic nitrogens is 1. The first-order valence-electron chi connectivity index (χ1n) is 24.9. The second kappa shape index (κ2) is 19.3. The second-order valence-corrected chi connectivity index (χ2v) is 19.3. The maximum absolute atomic E-state index is 14.9. The molecule has 0 aliphatic heterocycles. The van der Waals surface area contributed by atoms with Gasteiger partial charge in [-0.2, -0.15) is 26.3 Å². The molecule has 0 fully saturated rings. The highest BCUT2D eigenvalue weighted by atomic mass is 19.4. The number of ether oxygens (including phenoxy) is 1. The number of carbonyl (C=O) groups excluding carboxylic acids is 2. The van der Waals surface area contributed by atoms with Gasteiger partial charge in [0.15, 0.2) is 6.29 Å². The first-order valence-corrected chi connectivity index (χ1v) is 24.9. The summed E-state index contributed by atoms with van der Waals surface area (Å²) in [6.07, 6.45) is -9.82. The Bertz CT molecular complexity index is 4370. The molecular formula is C66H39F6NO6. The summed E-state index contributed by atoms with van der Waals surface area (Å²) < 4.78 is 99.4. The van der Waals surface area contributed by atoms with Gasteiger partial charge in [-0.1, -0.05) is 140 Å². The van der Waals surface area contributed by atoms with Crippen molar-refractivity contribution >= 4 is 55.7 Å². The third kappa shape index (κ3) is 9.08. The molecule has 0 spiro atoms. The first kappa shape index (κ1) is 50.0. The molecule has 2 aromatic heterocycles. The number of carbonyl (C=O) groups is 2. The third-order valence-corrected chi connectivity index (χ3v) is 14.3. The maximum Gasteiger partial charge on any atom is 0.416 e. The lowest BCUT2D eigenvalue weighted by Crippen LogP contribution is -2.32. The summed E-state index contributed by atoms with van der Waals surface area (Å²) >= 11 is 0. The Hall–Kier alpha value is -9.88. The van der Waals surface area contributed by atoms with Gasteiger partial charge in [-0.15, -0.1) is 0 Å². The molecule has 0 aliphatic carbocycles. The predicted molar refractivity (Wildman–Crippen MR) is 295 cm³/mol. The summed E-state index contributed by atoms with van der Waals surface area (Å²) in [4.78, 5) is 56.5. The van der Waals surface area contributed by atoms with E-state index in [9.17, 15) is 45.5 Å². The molecule has 12 rings (SSSR count). The van der Waals surface area contributed by atoms with Crippen LogP contribution in [0.4, 0.5) is 26.3 Å². The monoisotopic (exact) mass is 1060 g/mol. The van der Waals surface area contributed by atoms with E-state index >= 15 is 0 Å². The molecule has 386 valence electrons. The molecule has 0 saturated carbocycles. The van der Waals surface area contributed by atoms with Gasteiger partial charge in [0.2, 0.25) is 0 Å². The standard InChI is InChI=1S/C66H39F6NO6/c1-37-28-54-60-55(35-53(59-50-14-8-9-15-57(50)79-62(37)61(59)60)45-30-46(65(67,68)69)32-47(31-45)66(70,71)72)64(77)73(63(54)76)48-26-16-38(17-27-48)29-58(75)78-49-33-51(43-22-18-41(19-23-43)39-10-4-2-5-11-39)56(36-74)52(34-49)44-24-20-42(21-25-44)40-12-6-3-7-13-40/h2-28,30-36H,29H2,1H3. The normalized spacial score (nSPS) is 12.0. The molecule has 0 bridgehead atoms. The number of esters is 1. The fourth-order valence-corrected chi connectivity index (χ4v) is 10.6. The molecule has 0 aliphatic rings. The van der Waals surface area contributed by atoms with E-state index in [1.807, 2.05) is 109 Å². The van der Waals surface area contributed by atoms with E-state index in [1.165, 1.54) is 36.4 Å². The number of para-hydroxylation sites is 1. The van der Waals surface area contributed by atoms with Crippen LogP contribution in [-0.2, 0) is 23.6 Å². The van der Waals surface area contributed by atoms with Crippen LogP contribution in [0.15, 0.2) is 214 Å². The number of pyridine rings is 1. The molecule has 10 aromatic carbocycles. The topological polar surface area (TPSA) is 95.6 Å². The molecule has 0 atom stereocenters. The lowest BCUT2D eigenvalue weighted by atomic mass is 9.87. The number of aryl methyl sites for hydroxylation is 1. The maximum atomic E-state index is 14.9. The number of aldehydes is 1. The summed E-state index contributed by atoms with van der Waals surface area (Å²) in [6, 6.07) is 54.9. The Morgan fingerprint density at radius 1 is 0.506 bits per heavy atom. The zero-order valence-corrected chi connectivity index (χ0v) is 41.5. The summed E-state index contributed by atoms with van der Waals surface area (Å²) in [5, 5.41) is 0.725. The number of nitrogens with zero attached hydrogens (tertiary/aromatic N) is 1. The van der Waals surface area contributed by atoms with E-state index < -0.39 is 46.1 Å². The van der Waals surface area contributed by atoms with Crippen LogP contribution in [0.1, 0.15) is 32.6 Å². The van der Waals surface area contributed by atoms with Crippen molar-refractivity contribution in [2.24, 2.45) is 0 Å². The number of hydrogen-bond donors (Lipinski definition) is 0. The van der Waals surface area contributed by atoms with E-state index in [-0.39, 0.29) is 67.6 Å². The van der Waals surface area contributed by atoms with E-state index in [0.717, 1.165) is 33.1 Å². The van der Waals surface area contributed by atoms with Crippen LogP contribution in [-0.4, -0.2) is 16.8 Å². The van der Waals surface area contributed by atoms with Crippen LogP contribution in [0, 0.1) is 6.92 Å². The van der Waals surface area contributed by atoms with Crippen molar-refractivity contribution < 1.29 is 45.1 Å². The highest BCUT2D eigenvalue weighted by molar-refractivity contribution is 6.30. The molecule has 0 unspecified atom stereocenters. The van der Waals surface area contributed by atoms with Crippen molar-refractivity contribution in [3.8, 4) is 67.1 Å². The Labute approximate surface area is 445 Å². The number of benzene rings is 10. The summed E-state index contributed by atoms with van der Waals surface area (Å²) in [7, 11) is 0. The van der Waals surface area contributed by atoms with Crippen LogP contribution in [0.5, 0.6) is 5.75 Å². The number of alkyl halides is 6. The largest absolute Gasteiger partial charge is 0.456 e. The Morgan fingerprint density at radius 3 is 1.53 bits per heavy atom. The highest BCUT2D eigenvalue weighted by Gasteiger charge is 2.38. The lowest BCUT2D eigenvalue weighted by molar-refractivity contribution is -0.143. The van der Waals surface area contributed by atoms with E-state index in [0.29, 0.717) is 56.5 Å². The third-order valence-electron chi connectivity index (χ3n) is 14.3. The number of fused-ring (bicyclic) bond motifs is 2. The highest BCUT2D eigenvalue weighted by Crippen LogP contribution is 2.47. The molecular weight excluding hydrogens is 1020 g/mol. The molecule has 7 nitrogen and oxygen atoms in total. The molecule has 0 amide bonds. The molecule has 13 heteroatoms. The molecule has 0 radical (unpaired) electrons. The van der Waals surface area contributed by atoms with Gasteiger partial charge in [0, 0.05) is 37.9 Å². The van der Waals surface area contributed by atoms with E-state index in [2.05, 4.69) is 0 Å². The van der Waals surface area contributed by atoms with Gasteiger partial charge in [-0.3, -0.25) is 19.2 Å². The van der Waals surface area contributed by atoms with E-state index in [4.69, 9.17) is 9.15 Å². The summed E-state index contributed by atoms with van der Waals surface area (Å²) in [5.74, 6) is -0.501. The van der Waals surface area contributed by atoms with Crippen molar-refractivity contribution in [2.45, 2.75) is 25.7 Å². The fraction of sp³-hybridized carbons (Fsp3) is 0.0606. The van der Waals surface area contributed by atoms with Gasteiger partial charge < -0.3 is 9.15 Å². The van der Waals surface area contributed by atoms with Crippen LogP contribution in [0.25, 0.3) is 105 Å². The van der Waals surface area contributed by atoms with Crippen molar-refractivity contribution in [1.29, 1.82) is 0 Å². The molecule has 2 heterocycles. The minimum atomic E-state index is -5.17. The molecule has 79 heavy (non-hydrogen) atoms. The predicted octanol–water partition coefficient (Wildman–Crippen LogP) is 16.5. The minimum Gasteiger partial charge on any atom is -0.456 e. The fourth-order valence-electron chi connectivity index (χ4n) is 10.6. The van der Waals surface area contributed by atoms with Crippen LogP contribution >= 0.6 is 0 Å². The molecule has 0 N–H and O–H groups in total. The van der Waals surface area contributed by atoms with Crippen LogP contribution in [0.2, 0.25) is 0 Å². The summed E-state index contributed by atoms with van der Waals surface area (Å²) in [5.41, 5.74) is 2.87. The summed E-state index contributed by atoms with van der Waals surface area (Å²) in [6.45, 7) is 1.65. The van der Waals surface area contributed by atoms with Crippen molar-refractivity contribution in [1.82, 2.24) is 4.57 Å². The average molecular weight is 1060 g/mol. The Balaban J connectivity index is 0.922. The molecule has 0 saturated heterocycles. The molecule has 12 aromatic rings. The smallest absolute Gasteiger partial charge is 0.416 e. The van der Waals surface area contributed by atoms with Crippen LogP contribution < -0.4 is 15.9 Å². The Kier molecular flexibility index (Phi) is 12.2. The minimum absolute atomic E-state index is 0.0395. The average Bonchev–Trinajstić information content (AvgIpc) is 3.65. The number of rotatable bonds is 10. The zero-order valence-electron chi connectivity index (χ0n) is 41.5. The van der Waals surface area contributed by atoms with Gasteiger partial charge in [0.1, 0.15) is 16.9 Å². The van der Waals surface area contributed by atoms with Gasteiger partial charge in [0.05, 0.1) is 23.2 Å². The van der Waals surface area contributed by atoms with Crippen molar-refractivity contribution in [3.63, 3.8) is 0 Å². The number of halogens is 6. The lowest BCUT2D eigenvalue weighted by Gasteiger charge is -2.20. The Morgan fingerprint density at radius 2 is 1.00 bits per heavy atom. The second-order valence-electron chi connectivity index (χ2n) is 19.3. The van der Waals surface area contributed by atoms with E-state index in [1.54, 1.807) is 43.3 Å². The van der Waals surface area contributed by atoms with Crippen molar-refractivity contribution in [3.05, 3.63) is 249 Å². The van der Waals surface area contributed by atoms with Gasteiger partial charge in [-0.25, -0.2) is 4.57 Å². The van der Waals surface area contributed by atoms with Crippen LogP contribution in [0.3, 0.4) is 0 Å². The number of hydrogen-bond acceptors (Lipinski definition) is 6. The van der Waals surface area contributed by atoms with Crippen molar-refractivity contribution in [2.75, 3.05) is 0 Å². The van der Waals surface area contributed by atoms with Gasteiger partial charge >= 0.3 is 18.3 Å². The van der Waals surface area contributed by atoms with Gasteiger partial charge in [0.25, 0.3) is 11.1 Å². The zero-order chi connectivity index (χ0) is 54.9.